The van der Waals surface area contributed by atoms with Gasteiger partial charge in [0.25, 0.3) is 0 Å². The first kappa shape index (κ1) is 5.36. The third-order valence-electron chi connectivity index (χ3n) is 1.45. The molecule has 0 radical (unpaired) electrons. The Morgan fingerprint density at radius 1 is 2.00 bits per heavy atom. The molecule has 0 heterocycles. The Morgan fingerprint density at radius 3 is 2.43 bits per heavy atom. The quantitative estimate of drug-likeness (QED) is 0.469. The predicted molar refractivity (Wildman–Crippen MR) is 28.1 cm³/mol. The lowest BCUT2D eigenvalue weighted by Crippen LogP contribution is -1.88. The van der Waals surface area contributed by atoms with Crippen LogP contribution in [0, 0.1) is 5.92 Å². The number of alkyl halides is 2. The van der Waals surface area contributed by atoms with Crippen molar-refractivity contribution < 1.29 is 4.39 Å². The molecule has 1 aliphatic carbocycles. The highest BCUT2D eigenvalue weighted by Crippen LogP contribution is 2.52. The van der Waals surface area contributed by atoms with Crippen LogP contribution in [0.1, 0.15) is 19.8 Å². The summed E-state index contributed by atoms with van der Waals surface area (Å²) in [4.78, 5) is 0. The monoisotopic (exact) mass is 122 g/mol. The zero-order chi connectivity index (χ0) is 5.49. The van der Waals surface area contributed by atoms with E-state index in [1.54, 1.807) is 0 Å². The highest BCUT2D eigenvalue weighted by Gasteiger charge is 2.52. The zero-order valence-electron chi connectivity index (χ0n) is 4.25. The molecule has 2 heteroatoms. The Hall–Kier alpha value is 0.220. The van der Waals surface area contributed by atoms with E-state index in [0.717, 1.165) is 6.42 Å². The van der Waals surface area contributed by atoms with Crippen molar-refractivity contribution in [3.63, 3.8) is 0 Å². The summed E-state index contributed by atoms with van der Waals surface area (Å²) in [5.41, 5.74) is 0. The summed E-state index contributed by atoms with van der Waals surface area (Å²) in [7, 11) is 0. The van der Waals surface area contributed by atoms with Crippen molar-refractivity contribution in [3.8, 4) is 0 Å². The maximum Gasteiger partial charge on any atom is 0.187 e. The van der Waals surface area contributed by atoms with Crippen LogP contribution in [-0.4, -0.2) is 5.13 Å². The number of hydrogen-bond donors (Lipinski definition) is 0. The molecule has 0 spiro atoms. The van der Waals surface area contributed by atoms with Gasteiger partial charge in [-0.3, -0.25) is 0 Å². The van der Waals surface area contributed by atoms with Gasteiger partial charge < -0.3 is 0 Å². The van der Waals surface area contributed by atoms with Gasteiger partial charge in [-0.25, -0.2) is 4.39 Å². The molecule has 0 saturated heterocycles. The highest BCUT2D eigenvalue weighted by molar-refractivity contribution is 6.24. The van der Waals surface area contributed by atoms with Crippen molar-refractivity contribution in [1.29, 1.82) is 0 Å². The van der Waals surface area contributed by atoms with Crippen LogP contribution >= 0.6 is 11.6 Å². The van der Waals surface area contributed by atoms with Crippen LogP contribution in [0.2, 0.25) is 0 Å². The largest absolute Gasteiger partial charge is 0.226 e. The maximum atomic E-state index is 12.2. The van der Waals surface area contributed by atoms with Gasteiger partial charge in [-0.1, -0.05) is 18.5 Å². The van der Waals surface area contributed by atoms with Crippen molar-refractivity contribution in [3.05, 3.63) is 0 Å². The maximum absolute atomic E-state index is 12.2. The summed E-state index contributed by atoms with van der Waals surface area (Å²) in [6, 6.07) is 0. The Kier molecular flexibility index (Phi) is 1.03. The minimum absolute atomic E-state index is 0.147. The van der Waals surface area contributed by atoms with Crippen LogP contribution < -0.4 is 0 Å². The van der Waals surface area contributed by atoms with E-state index in [-0.39, 0.29) is 5.92 Å². The lowest BCUT2D eigenvalue weighted by molar-refractivity contribution is 0.392. The van der Waals surface area contributed by atoms with Gasteiger partial charge in [0.2, 0.25) is 0 Å². The summed E-state index contributed by atoms with van der Waals surface area (Å²) < 4.78 is 12.2. The Balaban J connectivity index is 2.30. The predicted octanol–water partition coefficient (Wildman–Crippen LogP) is 2.32. The summed E-state index contributed by atoms with van der Waals surface area (Å²) in [5.74, 6) is 0.147. The topological polar surface area (TPSA) is 0 Å². The van der Waals surface area contributed by atoms with E-state index in [9.17, 15) is 4.39 Å². The fraction of sp³-hybridized carbons (Fsp3) is 1.00. The minimum atomic E-state index is -1.31. The molecule has 1 rings (SSSR count). The molecule has 0 aromatic rings. The molecule has 0 bridgehead atoms. The third kappa shape index (κ3) is 0.880. The van der Waals surface area contributed by atoms with Gasteiger partial charge >= 0.3 is 0 Å². The molecule has 0 amide bonds. The van der Waals surface area contributed by atoms with Gasteiger partial charge in [-0.05, 0) is 6.42 Å². The molecule has 7 heavy (non-hydrogen) atoms. The second kappa shape index (κ2) is 1.35. The van der Waals surface area contributed by atoms with Crippen molar-refractivity contribution in [1.82, 2.24) is 0 Å². The van der Waals surface area contributed by atoms with Crippen LogP contribution in [0.25, 0.3) is 0 Å². The summed E-state index contributed by atoms with van der Waals surface area (Å²) >= 11 is 5.24. The smallest absolute Gasteiger partial charge is 0.187 e. The molecular weight excluding hydrogens is 115 g/mol. The number of halogens is 2. The van der Waals surface area contributed by atoms with Gasteiger partial charge in [-0.15, -0.1) is 0 Å². The van der Waals surface area contributed by atoms with Crippen molar-refractivity contribution >= 4 is 11.6 Å². The average Bonchev–Trinajstić information content (AvgIpc) is 2.13. The fourth-order valence-electron chi connectivity index (χ4n) is 0.713. The van der Waals surface area contributed by atoms with Crippen LogP contribution in [0.4, 0.5) is 4.39 Å². The van der Waals surface area contributed by atoms with E-state index < -0.39 is 5.13 Å². The first-order valence-corrected chi connectivity index (χ1v) is 2.92. The highest BCUT2D eigenvalue weighted by atomic mass is 35.5. The van der Waals surface area contributed by atoms with Crippen molar-refractivity contribution in [2.75, 3.05) is 0 Å². The summed E-state index contributed by atoms with van der Waals surface area (Å²) in [6.07, 6.45) is 1.44. The summed E-state index contributed by atoms with van der Waals surface area (Å²) in [6.45, 7) is 1.95. The molecule has 42 valence electrons. The Morgan fingerprint density at radius 2 is 2.43 bits per heavy atom. The van der Waals surface area contributed by atoms with Crippen LogP contribution in [-0.2, 0) is 0 Å². The van der Waals surface area contributed by atoms with Crippen molar-refractivity contribution in [2.24, 2.45) is 5.92 Å². The van der Waals surface area contributed by atoms with Gasteiger partial charge in [0.05, 0.1) is 0 Å². The number of rotatable bonds is 1. The minimum Gasteiger partial charge on any atom is -0.226 e. The molecule has 0 unspecified atom stereocenters. The first-order chi connectivity index (χ1) is 3.17. The lowest BCUT2D eigenvalue weighted by atomic mass is 10.3. The molecule has 0 aromatic heterocycles. The second-order valence-corrected chi connectivity index (χ2v) is 2.70. The molecule has 1 fully saturated rings. The zero-order valence-corrected chi connectivity index (χ0v) is 5.00. The second-order valence-electron chi connectivity index (χ2n) is 2.07. The molecule has 0 aromatic carbocycles. The molecule has 0 nitrogen and oxygen atoms in total. The summed E-state index contributed by atoms with van der Waals surface area (Å²) in [5, 5.41) is -1.31. The molecule has 0 aliphatic heterocycles. The van der Waals surface area contributed by atoms with Gasteiger partial charge in [-0.2, -0.15) is 0 Å². The SMILES string of the molecule is CC[C@@H]1C[C@@]1(F)Cl. The van der Waals surface area contributed by atoms with Crippen LogP contribution in [0.5, 0.6) is 0 Å². The third-order valence-corrected chi connectivity index (χ3v) is 1.91. The van der Waals surface area contributed by atoms with E-state index >= 15 is 0 Å². The van der Waals surface area contributed by atoms with E-state index in [2.05, 4.69) is 0 Å². The van der Waals surface area contributed by atoms with Crippen LogP contribution in [0.15, 0.2) is 0 Å². The lowest BCUT2D eigenvalue weighted by Gasteiger charge is -1.88. The van der Waals surface area contributed by atoms with Crippen LogP contribution in [0.3, 0.4) is 0 Å². The standard InChI is InChI=1S/C5H8ClF/c1-2-4-3-5(4,6)7/h4H,2-3H2,1H3/t4-,5+/m1/s1. The molecule has 2 atom stereocenters. The average molecular weight is 123 g/mol. The normalized spacial score (nSPS) is 49.3. The van der Waals surface area contributed by atoms with Gasteiger partial charge in [0.1, 0.15) is 0 Å². The van der Waals surface area contributed by atoms with E-state index in [1.165, 1.54) is 0 Å². The Bertz CT molecular complexity index is 80.1. The molecule has 1 aliphatic rings. The first-order valence-electron chi connectivity index (χ1n) is 2.54. The van der Waals surface area contributed by atoms with Gasteiger partial charge in [0.15, 0.2) is 5.13 Å². The van der Waals surface area contributed by atoms with E-state index in [4.69, 9.17) is 11.6 Å². The van der Waals surface area contributed by atoms with Gasteiger partial charge in [0, 0.05) is 12.3 Å². The molecule has 1 saturated carbocycles. The van der Waals surface area contributed by atoms with Crippen molar-refractivity contribution in [2.45, 2.75) is 24.9 Å². The fourth-order valence-corrected chi connectivity index (χ4v) is 1.05. The Labute approximate surface area is 47.7 Å². The molecule has 0 N–H and O–H groups in total. The van der Waals surface area contributed by atoms with E-state index in [1.807, 2.05) is 6.92 Å². The molecular formula is C5H8ClF. The number of hydrogen-bond acceptors (Lipinski definition) is 0. The van der Waals surface area contributed by atoms with E-state index in [0.29, 0.717) is 6.42 Å².